The van der Waals surface area contributed by atoms with Gasteiger partial charge in [0.1, 0.15) is 17.1 Å². The van der Waals surface area contributed by atoms with Gasteiger partial charge < -0.3 is 14.3 Å². The number of esters is 1. The summed E-state index contributed by atoms with van der Waals surface area (Å²) in [4.78, 5) is 27.3. The maximum atomic E-state index is 13.4. The molecule has 6 nitrogen and oxygen atoms in total. The number of hydrogen-bond donors (Lipinski definition) is 1. The number of carbonyl (C=O) groups is 1. The average molecular weight is 443 g/mol. The second-order valence-corrected chi connectivity index (χ2v) is 7.88. The van der Waals surface area contributed by atoms with Crippen LogP contribution in [0.4, 0.5) is 0 Å². The highest BCUT2D eigenvalue weighted by Crippen LogP contribution is 2.31. The molecule has 168 valence electrons. The first-order chi connectivity index (χ1) is 16.0. The van der Waals surface area contributed by atoms with Crippen molar-refractivity contribution in [3.63, 3.8) is 0 Å². The Morgan fingerprint density at radius 3 is 2.30 bits per heavy atom. The number of ether oxygens (including phenoxy) is 1. The summed E-state index contributed by atoms with van der Waals surface area (Å²) >= 11 is 0. The molecule has 3 aromatic carbocycles. The molecule has 4 aromatic rings. The van der Waals surface area contributed by atoms with E-state index in [0.29, 0.717) is 34.4 Å². The highest BCUT2D eigenvalue weighted by molar-refractivity contribution is 5.86. The van der Waals surface area contributed by atoms with Gasteiger partial charge in [0.05, 0.1) is 30.2 Å². The van der Waals surface area contributed by atoms with Crippen LogP contribution in [0.5, 0.6) is 5.75 Å². The van der Waals surface area contributed by atoms with E-state index in [2.05, 4.69) is 0 Å². The third-order valence-corrected chi connectivity index (χ3v) is 5.59. The molecule has 0 unspecified atom stereocenters. The van der Waals surface area contributed by atoms with Gasteiger partial charge in [-0.25, -0.2) is 0 Å². The summed E-state index contributed by atoms with van der Waals surface area (Å²) in [5.74, 6) is 0.0724. The number of hydrogen-bond acceptors (Lipinski definition) is 6. The molecule has 1 aromatic heterocycles. The lowest BCUT2D eigenvalue weighted by atomic mass is 10.0. The Labute approximate surface area is 191 Å². The molecule has 0 aliphatic rings. The van der Waals surface area contributed by atoms with Crippen LogP contribution in [0, 0.1) is 6.92 Å². The van der Waals surface area contributed by atoms with Gasteiger partial charge in [-0.05, 0) is 30.2 Å². The summed E-state index contributed by atoms with van der Waals surface area (Å²) < 4.78 is 11.0. The van der Waals surface area contributed by atoms with Gasteiger partial charge in [0.25, 0.3) is 0 Å². The fourth-order valence-electron chi connectivity index (χ4n) is 3.98. The summed E-state index contributed by atoms with van der Waals surface area (Å²) in [7, 11) is 1.34. The van der Waals surface area contributed by atoms with Crippen LogP contribution in [0.25, 0.3) is 22.1 Å². The maximum absolute atomic E-state index is 13.4. The maximum Gasteiger partial charge on any atom is 0.319 e. The van der Waals surface area contributed by atoms with Crippen molar-refractivity contribution in [2.75, 3.05) is 13.7 Å². The Morgan fingerprint density at radius 1 is 0.970 bits per heavy atom. The summed E-state index contributed by atoms with van der Waals surface area (Å²) in [6.07, 6.45) is 0. The number of aryl methyl sites for hydroxylation is 1. The minimum Gasteiger partial charge on any atom is -0.507 e. The van der Waals surface area contributed by atoms with Crippen LogP contribution in [0.2, 0.25) is 0 Å². The quantitative estimate of drug-likeness (QED) is 0.419. The van der Waals surface area contributed by atoms with Gasteiger partial charge in [0.2, 0.25) is 5.43 Å². The minimum absolute atomic E-state index is 0.000406. The number of nitrogens with zero attached hydrogens (tertiary/aromatic N) is 1. The normalized spacial score (nSPS) is 11.1. The van der Waals surface area contributed by atoms with Gasteiger partial charge in [-0.3, -0.25) is 14.5 Å². The van der Waals surface area contributed by atoms with Crippen molar-refractivity contribution >= 4 is 16.9 Å². The molecule has 0 atom stereocenters. The van der Waals surface area contributed by atoms with Crippen LogP contribution >= 0.6 is 0 Å². The highest BCUT2D eigenvalue weighted by Gasteiger charge is 2.21. The van der Waals surface area contributed by atoms with Crippen molar-refractivity contribution in [2.24, 2.45) is 0 Å². The largest absolute Gasteiger partial charge is 0.507 e. The lowest BCUT2D eigenvalue weighted by Gasteiger charge is -2.22. The van der Waals surface area contributed by atoms with Crippen molar-refractivity contribution in [3.8, 4) is 16.9 Å². The predicted octanol–water partition coefficient (Wildman–Crippen LogP) is 4.65. The number of phenolic OH excluding ortho intramolecular Hbond substituents is 1. The van der Waals surface area contributed by atoms with E-state index < -0.39 is 5.97 Å². The molecule has 0 aliphatic carbocycles. The molecular weight excluding hydrogens is 418 g/mol. The first kappa shape index (κ1) is 22.3. The molecule has 6 heteroatoms. The molecule has 0 saturated carbocycles. The standard InChI is InChI=1S/C27H25NO5/c1-18-25(20-11-7-4-8-12-20)26(31)21-13-14-23(29)22(27(21)33-18)16-28(17-24(30)32-2)15-19-9-5-3-6-10-19/h3-14,29H,15-17H2,1-2H3. The Bertz CT molecular complexity index is 1330. The first-order valence-corrected chi connectivity index (χ1v) is 10.6. The Morgan fingerprint density at radius 2 is 1.64 bits per heavy atom. The summed E-state index contributed by atoms with van der Waals surface area (Å²) in [6.45, 7) is 2.41. The van der Waals surface area contributed by atoms with Gasteiger partial charge in [-0.15, -0.1) is 0 Å². The van der Waals surface area contributed by atoms with E-state index in [1.807, 2.05) is 65.6 Å². The van der Waals surface area contributed by atoms with E-state index in [0.717, 1.165) is 11.1 Å². The average Bonchev–Trinajstić information content (AvgIpc) is 2.82. The summed E-state index contributed by atoms with van der Waals surface area (Å²) in [6, 6.07) is 22.1. The summed E-state index contributed by atoms with van der Waals surface area (Å²) in [5, 5.41) is 11.1. The molecule has 0 radical (unpaired) electrons. The Hall–Kier alpha value is -3.90. The zero-order valence-corrected chi connectivity index (χ0v) is 18.6. The zero-order valence-electron chi connectivity index (χ0n) is 18.6. The van der Waals surface area contributed by atoms with Crippen LogP contribution in [0.15, 0.2) is 82.0 Å². The second kappa shape index (κ2) is 9.71. The number of phenols is 1. The third-order valence-electron chi connectivity index (χ3n) is 5.59. The van der Waals surface area contributed by atoms with E-state index in [-0.39, 0.29) is 24.3 Å². The van der Waals surface area contributed by atoms with Crippen molar-refractivity contribution in [1.82, 2.24) is 4.90 Å². The van der Waals surface area contributed by atoms with Crippen molar-refractivity contribution in [3.05, 3.63) is 99.9 Å². The molecule has 0 aliphatic heterocycles. The fraction of sp³-hybridized carbons (Fsp3) is 0.185. The first-order valence-electron chi connectivity index (χ1n) is 10.6. The van der Waals surface area contributed by atoms with Gasteiger partial charge in [0, 0.05) is 13.1 Å². The van der Waals surface area contributed by atoms with Crippen molar-refractivity contribution in [2.45, 2.75) is 20.0 Å². The number of methoxy groups -OCH3 is 1. The molecular formula is C27H25NO5. The van der Waals surface area contributed by atoms with Crippen LogP contribution in [0.1, 0.15) is 16.9 Å². The van der Waals surface area contributed by atoms with Gasteiger partial charge in [-0.2, -0.15) is 0 Å². The molecule has 1 heterocycles. The number of carbonyl (C=O) groups excluding carboxylic acids is 1. The molecule has 0 saturated heterocycles. The predicted molar refractivity (Wildman–Crippen MR) is 127 cm³/mol. The smallest absolute Gasteiger partial charge is 0.319 e. The minimum atomic E-state index is -0.394. The van der Waals surface area contributed by atoms with Crippen LogP contribution in [-0.4, -0.2) is 29.6 Å². The van der Waals surface area contributed by atoms with E-state index >= 15 is 0 Å². The topological polar surface area (TPSA) is 80.0 Å². The fourth-order valence-corrected chi connectivity index (χ4v) is 3.98. The van der Waals surface area contributed by atoms with E-state index in [9.17, 15) is 14.7 Å². The Kier molecular flexibility index (Phi) is 6.56. The lowest BCUT2D eigenvalue weighted by Crippen LogP contribution is -2.30. The molecule has 0 spiro atoms. The highest BCUT2D eigenvalue weighted by atomic mass is 16.5. The molecule has 1 N–H and O–H groups in total. The molecule has 0 amide bonds. The summed E-state index contributed by atoms with van der Waals surface area (Å²) in [5.41, 5.74) is 2.88. The van der Waals surface area contributed by atoms with Crippen LogP contribution < -0.4 is 5.43 Å². The van der Waals surface area contributed by atoms with E-state index in [4.69, 9.17) is 9.15 Å². The van der Waals surface area contributed by atoms with Gasteiger partial charge in [-0.1, -0.05) is 60.7 Å². The molecule has 33 heavy (non-hydrogen) atoms. The van der Waals surface area contributed by atoms with Crippen molar-refractivity contribution < 1.29 is 19.1 Å². The zero-order chi connectivity index (χ0) is 23.4. The van der Waals surface area contributed by atoms with E-state index in [1.165, 1.54) is 13.2 Å². The van der Waals surface area contributed by atoms with Crippen LogP contribution in [-0.2, 0) is 22.6 Å². The second-order valence-electron chi connectivity index (χ2n) is 7.88. The number of rotatable bonds is 7. The number of fused-ring (bicyclic) bond motifs is 1. The van der Waals surface area contributed by atoms with E-state index in [1.54, 1.807) is 13.0 Å². The van der Waals surface area contributed by atoms with Gasteiger partial charge in [0.15, 0.2) is 0 Å². The van der Waals surface area contributed by atoms with Gasteiger partial charge >= 0.3 is 5.97 Å². The van der Waals surface area contributed by atoms with Crippen molar-refractivity contribution in [1.29, 1.82) is 0 Å². The number of aromatic hydroxyl groups is 1. The third kappa shape index (κ3) is 4.81. The lowest BCUT2D eigenvalue weighted by molar-refractivity contribution is -0.142. The SMILES string of the molecule is COC(=O)CN(Cc1ccccc1)Cc1c(O)ccc2c(=O)c(-c3ccccc3)c(C)oc12. The molecule has 0 bridgehead atoms. The molecule has 0 fully saturated rings. The monoisotopic (exact) mass is 443 g/mol. The number of benzene rings is 3. The molecule has 4 rings (SSSR count). The Balaban J connectivity index is 1.79. The van der Waals surface area contributed by atoms with Crippen LogP contribution in [0.3, 0.4) is 0 Å².